The number of benzene rings is 3. The monoisotopic (exact) mass is 960 g/mol. The number of ether oxygens (including phenoxy) is 1. The quantitative estimate of drug-likeness (QED) is 0.106. The molecule has 9 rings (SSSR count). The van der Waals surface area contributed by atoms with Gasteiger partial charge in [-0.1, -0.05) is 39.2 Å². The Morgan fingerprint density at radius 3 is 2.24 bits per heavy atom. The smallest absolute Gasteiger partial charge is 0.416 e. The van der Waals surface area contributed by atoms with Gasteiger partial charge in [0.25, 0.3) is 0 Å². The molecule has 6 atom stereocenters. The number of carbonyl (C=O) groups excluding carboxylic acids is 4. The van der Waals surface area contributed by atoms with Gasteiger partial charge in [-0.25, -0.2) is 9.80 Å². The molecule has 3 fully saturated rings. The summed E-state index contributed by atoms with van der Waals surface area (Å²) in [5.41, 5.74) is -4.06. The molecule has 322 valence electrons. The number of phenolic OH excluding ortho intramolecular Hbond substituents is 1. The lowest BCUT2D eigenvalue weighted by atomic mass is 9.51. The first-order valence-corrected chi connectivity index (χ1v) is 21.1. The molecular formula is C43H32BrClF6N4O6S. The van der Waals surface area contributed by atoms with Crippen molar-refractivity contribution in [2.75, 3.05) is 16.9 Å². The van der Waals surface area contributed by atoms with Crippen LogP contribution >= 0.6 is 38.9 Å². The third-order valence-electron chi connectivity index (χ3n) is 12.9. The van der Waals surface area contributed by atoms with Crippen molar-refractivity contribution >= 4 is 84.1 Å². The van der Waals surface area contributed by atoms with Crippen LogP contribution in [0, 0.1) is 36.0 Å². The van der Waals surface area contributed by atoms with Gasteiger partial charge in [0, 0.05) is 38.8 Å². The highest BCUT2D eigenvalue weighted by atomic mass is 79.9. The Balaban J connectivity index is 1.17. The van der Waals surface area contributed by atoms with Crippen molar-refractivity contribution in [2.45, 2.75) is 45.0 Å². The van der Waals surface area contributed by atoms with E-state index < -0.39 is 87.8 Å². The normalized spacial score (nSPS) is 25.1. The molecule has 19 heteroatoms. The summed E-state index contributed by atoms with van der Waals surface area (Å²) in [4.78, 5) is 61.0. The number of thiophene rings is 1. The van der Waals surface area contributed by atoms with E-state index in [9.17, 15) is 45.8 Å². The number of fused-ring (bicyclic) bond motifs is 5. The van der Waals surface area contributed by atoms with Gasteiger partial charge in [-0.15, -0.1) is 11.3 Å². The Hall–Kier alpha value is -5.20. The van der Waals surface area contributed by atoms with Crippen LogP contribution in [0.5, 0.6) is 11.5 Å². The van der Waals surface area contributed by atoms with E-state index >= 15 is 4.79 Å². The van der Waals surface area contributed by atoms with E-state index in [1.807, 2.05) is 19.1 Å². The van der Waals surface area contributed by atoms with Crippen LogP contribution in [-0.2, 0) is 38.6 Å². The fourth-order valence-corrected chi connectivity index (χ4v) is 11.9. The summed E-state index contributed by atoms with van der Waals surface area (Å²) in [5.74, 6) is -9.55. The number of halogens is 8. The lowest BCUT2D eigenvalue weighted by Crippen LogP contribution is -2.49. The number of aromatic nitrogens is 2. The number of allylic oxidation sites excluding steroid dienone is 2. The minimum atomic E-state index is -5.25. The van der Waals surface area contributed by atoms with Gasteiger partial charge in [0.1, 0.15) is 11.5 Å². The maximum atomic E-state index is 15.2. The summed E-state index contributed by atoms with van der Waals surface area (Å²) >= 11 is 11.2. The Kier molecular flexibility index (Phi) is 9.62. The molecule has 3 aromatic carbocycles. The number of phenols is 1. The van der Waals surface area contributed by atoms with Gasteiger partial charge in [-0.2, -0.15) is 31.4 Å². The second-order valence-corrected chi connectivity index (χ2v) is 18.6. The van der Waals surface area contributed by atoms with Crippen LogP contribution in [0.2, 0.25) is 5.02 Å². The van der Waals surface area contributed by atoms with E-state index in [0.29, 0.717) is 37.8 Å². The first kappa shape index (κ1) is 42.1. The molecule has 2 aliphatic heterocycles. The summed E-state index contributed by atoms with van der Waals surface area (Å²) in [5, 5.41) is 17.9. The number of aryl methyl sites for hydroxylation is 2. The Morgan fingerprint density at radius 2 is 1.60 bits per heavy atom. The Bertz CT molecular complexity index is 2820. The number of hydrogen-bond donors (Lipinski definition) is 1. The summed E-state index contributed by atoms with van der Waals surface area (Å²) in [6.45, 7) is 3.50. The van der Waals surface area contributed by atoms with Gasteiger partial charge in [0.15, 0.2) is 11.5 Å². The zero-order chi connectivity index (χ0) is 44.7. The van der Waals surface area contributed by atoms with E-state index in [2.05, 4.69) is 15.9 Å². The van der Waals surface area contributed by atoms with Crippen LogP contribution in [0.1, 0.15) is 47.9 Å². The number of amides is 4. The second-order valence-electron chi connectivity index (χ2n) is 16.2. The van der Waals surface area contributed by atoms with Crippen molar-refractivity contribution in [3.05, 3.63) is 98.0 Å². The highest BCUT2D eigenvalue weighted by Gasteiger charge is 2.68. The van der Waals surface area contributed by atoms with Crippen LogP contribution in [0.15, 0.2) is 70.7 Å². The average molecular weight is 962 g/mol. The molecule has 2 aliphatic carbocycles. The third kappa shape index (κ3) is 6.13. The highest BCUT2D eigenvalue weighted by molar-refractivity contribution is 9.10. The lowest BCUT2D eigenvalue weighted by Gasteiger charge is -2.49. The highest BCUT2D eigenvalue weighted by Crippen LogP contribution is 2.65. The molecule has 4 heterocycles. The predicted molar refractivity (Wildman–Crippen MR) is 220 cm³/mol. The Morgan fingerprint density at radius 1 is 0.919 bits per heavy atom. The number of methoxy groups -OCH3 is 1. The third-order valence-corrected chi connectivity index (χ3v) is 14.9. The summed E-state index contributed by atoms with van der Waals surface area (Å²) in [7, 11) is 2.89. The minimum Gasteiger partial charge on any atom is -0.504 e. The van der Waals surface area contributed by atoms with Crippen LogP contribution < -0.4 is 14.5 Å². The number of imide groups is 2. The number of carbonyl (C=O) groups is 4. The van der Waals surface area contributed by atoms with Gasteiger partial charge >= 0.3 is 12.4 Å². The largest absolute Gasteiger partial charge is 0.504 e. The summed E-state index contributed by atoms with van der Waals surface area (Å²) < 4.78 is 92.0. The van der Waals surface area contributed by atoms with Gasteiger partial charge in [-0.05, 0) is 92.1 Å². The molecule has 4 amide bonds. The number of alkyl halides is 6. The van der Waals surface area contributed by atoms with Crippen LogP contribution in [0.25, 0.3) is 20.7 Å². The summed E-state index contributed by atoms with van der Waals surface area (Å²) in [6.07, 6.45) is -9.25. The van der Waals surface area contributed by atoms with E-state index in [-0.39, 0.29) is 41.8 Å². The molecule has 5 aromatic rings. The average Bonchev–Trinajstić information content (AvgIpc) is 3.87. The Labute approximate surface area is 365 Å². The fourth-order valence-electron chi connectivity index (χ4n) is 10.1. The van der Waals surface area contributed by atoms with Gasteiger partial charge < -0.3 is 9.84 Å². The SMILES string of the molecule is COc1cc(Br)cc([C@H]2C3=CC[C@@H]4C(=O)N(c5cc(C(F)(F)F)cc(C(F)(F)F)c5)C(=O)[C@@H]4[C@@H]3C[C@H]3C(=O)N(c4cc(-c5sc6ccc(Cl)cc6c5C)nn4C)C(=O)[C@@]23C)c1O. The van der Waals surface area contributed by atoms with E-state index in [1.54, 1.807) is 38.2 Å². The number of hydrogen-bond acceptors (Lipinski definition) is 8. The zero-order valence-corrected chi connectivity index (χ0v) is 35.9. The molecule has 0 spiro atoms. The van der Waals surface area contributed by atoms with E-state index in [4.69, 9.17) is 21.4 Å². The van der Waals surface area contributed by atoms with Crippen molar-refractivity contribution in [2.24, 2.45) is 36.1 Å². The maximum absolute atomic E-state index is 15.2. The lowest BCUT2D eigenvalue weighted by molar-refractivity contribution is -0.143. The van der Waals surface area contributed by atoms with E-state index in [0.717, 1.165) is 25.4 Å². The van der Waals surface area contributed by atoms with Crippen LogP contribution in [0.4, 0.5) is 37.8 Å². The van der Waals surface area contributed by atoms with Crippen LogP contribution in [0.3, 0.4) is 0 Å². The first-order chi connectivity index (χ1) is 29.1. The molecule has 10 nitrogen and oxygen atoms in total. The molecule has 0 radical (unpaired) electrons. The number of anilines is 2. The predicted octanol–water partition coefficient (Wildman–Crippen LogP) is 10.2. The molecule has 0 unspecified atom stereocenters. The standard InChI is InChI=1S/C43H32BrClF6N4O6S/c1-17-25-14-21(45)5-8-31(25)62-36(17)29-16-32(53(3)52-29)55-38(58)28-15-26-23(34(41(28,2)40(55)60)27-12-20(44)13-30(61-4)35(27)56)6-7-24-33(26)39(59)54(37(24)57)22-10-18(42(46,47)48)9-19(11-22)43(49,50)51/h5-6,8-14,16,24,26,28,33-34,56H,7,15H2,1-4H3/t24-,26+,28-,33-,34+,41+/m0/s1. The fraction of sp³-hybridized carbons (Fsp3) is 0.326. The molecule has 1 N–H and O–H groups in total. The molecular weight excluding hydrogens is 930 g/mol. The topological polar surface area (TPSA) is 122 Å². The molecule has 62 heavy (non-hydrogen) atoms. The van der Waals surface area contributed by atoms with Crippen molar-refractivity contribution in [1.82, 2.24) is 9.78 Å². The zero-order valence-electron chi connectivity index (χ0n) is 32.8. The molecule has 0 bridgehead atoms. The van der Waals surface area contributed by atoms with Gasteiger partial charge in [0.05, 0.1) is 52.0 Å². The van der Waals surface area contributed by atoms with Gasteiger partial charge in [0.2, 0.25) is 23.6 Å². The van der Waals surface area contributed by atoms with Crippen LogP contribution in [-0.4, -0.2) is 45.6 Å². The number of nitrogens with zero attached hydrogens (tertiary/aromatic N) is 4. The van der Waals surface area contributed by atoms with E-state index in [1.165, 1.54) is 29.2 Å². The van der Waals surface area contributed by atoms with Crippen molar-refractivity contribution < 1.29 is 55.4 Å². The summed E-state index contributed by atoms with van der Waals surface area (Å²) in [6, 6.07) is 10.7. The molecule has 2 aromatic heterocycles. The first-order valence-electron chi connectivity index (χ1n) is 19.1. The second kappa shape index (κ2) is 14.2. The number of rotatable bonds is 5. The van der Waals surface area contributed by atoms with Crippen molar-refractivity contribution in [1.29, 1.82) is 0 Å². The maximum Gasteiger partial charge on any atom is 0.416 e. The number of aromatic hydroxyl groups is 1. The van der Waals surface area contributed by atoms with Crippen molar-refractivity contribution in [3.8, 4) is 22.1 Å². The molecule has 1 saturated carbocycles. The molecule has 2 saturated heterocycles. The van der Waals surface area contributed by atoms with Gasteiger partial charge in [-0.3, -0.25) is 23.9 Å². The minimum absolute atomic E-state index is 0.0131. The molecule has 4 aliphatic rings. The van der Waals surface area contributed by atoms with Crippen molar-refractivity contribution in [3.63, 3.8) is 0 Å².